The van der Waals surface area contributed by atoms with Crippen LogP contribution in [0.25, 0.3) is 5.57 Å². The first kappa shape index (κ1) is 12.8. The molecule has 94 valence electrons. The van der Waals surface area contributed by atoms with E-state index in [1.54, 1.807) is 19.2 Å². The van der Waals surface area contributed by atoms with Gasteiger partial charge in [-0.1, -0.05) is 23.8 Å². The Hall–Kier alpha value is -1.61. The van der Waals surface area contributed by atoms with E-state index in [1.165, 1.54) is 0 Å². The quantitative estimate of drug-likeness (QED) is 0.620. The van der Waals surface area contributed by atoms with E-state index in [0.717, 1.165) is 17.6 Å². The van der Waals surface area contributed by atoms with Gasteiger partial charge in [-0.3, -0.25) is 0 Å². The fourth-order valence-corrected chi connectivity index (χ4v) is 2.01. The average Bonchev–Trinajstić information content (AvgIpc) is 2.40. The largest absolute Gasteiger partial charge is 0.463 e. The molecule has 18 heavy (non-hydrogen) atoms. The molecule has 0 spiro atoms. The van der Waals surface area contributed by atoms with E-state index in [1.807, 2.05) is 18.2 Å². The van der Waals surface area contributed by atoms with Crippen molar-refractivity contribution < 1.29 is 9.53 Å². The molecule has 1 aliphatic carbocycles. The molecule has 3 nitrogen and oxygen atoms in total. The van der Waals surface area contributed by atoms with Gasteiger partial charge in [0.25, 0.3) is 0 Å². The first-order chi connectivity index (χ1) is 8.72. The molecule has 0 saturated carbocycles. The minimum absolute atomic E-state index is 0.244. The zero-order valence-corrected chi connectivity index (χ0v) is 10.9. The molecule has 1 aliphatic rings. The summed E-state index contributed by atoms with van der Waals surface area (Å²) in [4.78, 5) is 15.9. The predicted molar refractivity (Wildman–Crippen MR) is 71.2 cm³/mol. The summed E-state index contributed by atoms with van der Waals surface area (Å²) in [5, 5.41) is 0.442. The lowest BCUT2D eigenvalue weighted by Crippen LogP contribution is -2.11. The maximum absolute atomic E-state index is 11.9. The Labute approximate surface area is 111 Å². The Bertz CT molecular complexity index is 503. The predicted octanol–water partition coefficient (Wildman–Crippen LogP) is 3.40. The number of carbonyl (C=O) groups is 1. The third-order valence-corrected chi connectivity index (χ3v) is 2.95. The van der Waals surface area contributed by atoms with E-state index in [-0.39, 0.29) is 5.97 Å². The molecule has 0 unspecified atom stereocenters. The van der Waals surface area contributed by atoms with E-state index in [0.29, 0.717) is 23.8 Å². The van der Waals surface area contributed by atoms with Gasteiger partial charge in [0.2, 0.25) is 0 Å². The van der Waals surface area contributed by atoms with Crippen molar-refractivity contribution in [2.24, 2.45) is 0 Å². The summed E-state index contributed by atoms with van der Waals surface area (Å²) in [6.07, 6.45) is 7.23. The van der Waals surface area contributed by atoms with Gasteiger partial charge in [0.1, 0.15) is 5.15 Å². The van der Waals surface area contributed by atoms with Gasteiger partial charge in [0.15, 0.2) is 0 Å². The minimum atomic E-state index is -0.244. The molecule has 0 amide bonds. The van der Waals surface area contributed by atoms with Gasteiger partial charge in [-0.15, -0.1) is 0 Å². The van der Waals surface area contributed by atoms with E-state index in [4.69, 9.17) is 16.3 Å². The maximum Gasteiger partial charge on any atom is 0.334 e. The number of rotatable bonds is 3. The number of hydrogen-bond donors (Lipinski definition) is 0. The van der Waals surface area contributed by atoms with Crippen molar-refractivity contribution in [3.63, 3.8) is 0 Å². The molecule has 1 aromatic heterocycles. The number of allylic oxidation sites excluding steroid dienone is 3. The standard InChI is InChI=1S/C14H14ClNO2/c1-2-18-14(17)12-6-4-3-5-11(12)10-7-8-13(15)16-9-10/h3,5,7-9H,2,4,6H2,1H3. The van der Waals surface area contributed by atoms with Crippen molar-refractivity contribution >= 4 is 23.1 Å². The Balaban J connectivity index is 2.39. The van der Waals surface area contributed by atoms with E-state index in [2.05, 4.69) is 4.98 Å². The number of nitrogens with zero attached hydrogens (tertiary/aromatic N) is 1. The highest BCUT2D eigenvalue weighted by Gasteiger charge is 2.18. The van der Waals surface area contributed by atoms with Crippen LogP contribution in [0.1, 0.15) is 25.3 Å². The summed E-state index contributed by atoms with van der Waals surface area (Å²) in [5.74, 6) is -0.244. The fraction of sp³-hybridized carbons (Fsp3) is 0.286. The van der Waals surface area contributed by atoms with E-state index in [9.17, 15) is 4.79 Å². The van der Waals surface area contributed by atoms with Crippen LogP contribution in [0.5, 0.6) is 0 Å². The van der Waals surface area contributed by atoms with Gasteiger partial charge in [-0.25, -0.2) is 9.78 Å². The lowest BCUT2D eigenvalue weighted by atomic mass is 9.93. The third-order valence-electron chi connectivity index (χ3n) is 2.73. The molecule has 0 fully saturated rings. The van der Waals surface area contributed by atoms with Gasteiger partial charge < -0.3 is 4.74 Å². The van der Waals surface area contributed by atoms with Crippen molar-refractivity contribution in [3.05, 3.63) is 46.8 Å². The fourth-order valence-electron chi connectivity index (χ4n) is 1.90. The highest BCUT2D eigenvalue weighted by atomic mass is 35.5. The van der Waals surface area contributed by atoms with Crippen molar-refractivity contribution in [1.29, 1.82) is 0 Å². The van der Waals surface area contributed by atoms with Crippen LogP contribution in [0.2, 0.25) is 5.15 Å². The molecule has 0 saturated heterocycles. The van der Waals surface area contributed by atoms with Gasteiger partial charge >= 0.3 is 5.97 Å². The summed E-state index contributed by atoms with van der Waals surface area (Å²) >= 11 is 5.76. The molecule has 0 aliphatic heterocycles. The van der Waals surface area contributed by atoms with Crippen LogP contribution in [0.3, 0.4) is 0 Å². The zero-order chi connectivity index (χ0) is 13.0. The Morgan fingerprint density at radius 2 is 2.33 bits per heavy atom. The number of pyridine rings is 1. The Kier molecular flexibility index (Phi) is 4.15. The molecule has 0 aromatic carbocycles. The zero-order valence-electron chi connectivity index (χ0n) is 10.1. The highest BCUT2D eigenvalue weighted by molar-refractivity contribution is 6.29. The molecular formula is C14H14ClNO2. The Morgan fingerprint density at radius 1 is 1.50 bits per heavy atom. The first-order valence-electron chi connectivity index (χ1n) is 5.91. The van der Waals surface area contributed by atoms with Crippen LogP contribution in [0.15, 0.2) is 36.1 Å². The first-order valence-corrected chi connectivity index (χ1v) is 6.29. The highest BCUT2D eigenvalue weighted by Crippen LogP contribution is 2.28. The van der Waals surface area contributed by atoms with Crippen LogP contribution >= 0.6 is 11.6 Å². The van der Waals surface area contributed by atoms with Crippen LogP contribution in [-0.2, 0) is 9.53 Å². The minimum Gasteiger partial charge on any atom is -0.463 e. The molecule has 1 heterocycles. The van der Waals surface area contributed by atoms with Crippen LogP contribution in [-0.4, -0.2) is 17.6 Å². The average molecular weight is 264 g/mol. The number of aromatic nitrogens is 1. The van der Waals surface area contributed by atoms with Crippen LogP contribution in [0.4, 0.5) is 0 Å². The van der Waals surface area contributed by atoms with Gasteiger partial charge in [-0.2, -0.15) is 0 Å². The molecule has 0 N–H and O–H groups in total. The second-order valence-corrected chi connectivity index (χ2v) is 4.31. The van der Waals surface area contributed by atoms with Gasteiger partial charge in [-0.05, 0) is 37.5 Å². The Morgan fingerprint density at radius 3 is 3.00 bits per heavy atom. The summed E-state index contributed by atoms with van der Waals surface area (Å²) in [5.41, 5.74) is 2.48. The number of ether oxygens (including phenoxy) is 1. The van der Waals surface area contributed by atoms with Crippen LogP contribution < -0.4 is 0 Å². The van der Waals surface area contributed by atoms with Crippen molar-refractivity contribution in [2.75, 3.05) is 6.61 Å². The number of esters is 1. The SMILES string of the molecule is CCOC(=O)C1=C(c2ccc(Cl)nc2)C=CCC1. The van der Waals surface area contributed by atoms with Crippen molar-refractivity contribution in [3.8, 4) is 0 Å². The molecule has 0 atom stereocenters. The lowest BCUT2D eigenvalue weighted by molar-refractivity contribution is -0.138. The monoisotopic (exact) mass is 263 g/mol. The molecule has 2 rings (SSSR count). The van der Waals surface area contributed by atoms with Crippen LogP contribution in [0, 0.1) is 0 Å². The van der Waals surface area contributed by atoms with Crippen molar-refractivity contribution in [2.45, 2.75) is 19.8 Å². The number of carbonyl (C=O) groups excluding carboxylic acids is 1. The van der Waals surface area contributed by atoms with Crippen molar-refractivity contribution in [1.82, 2.24) is 4.98 Å². The number of halogens is 1. The summed E-state index contributed by atoms with van der Waals surface area (Å²) in [6, 6.07) is 3.58. The van der Waals surface area contributed by atoms with Gasteiger partial charge in [0.05, 0.1) is 6.61 Å². The number of hydrogen-bond acceptors (Lipinski definition) is 3. The van der Waals surface area contributed by atoms with E-state index < -0.39 is 0 Å². The molecule has 0 radical (unpaired) electrons. The third kappa shape index (κ3) is 2.79. The lowest BCUT2D eigenvalue weighted by Gasteiger charge is -2.14. The normalized spacial score (nSPS) is 14.8. The molecule has 4 heteroatoms. The maximum atomic E-state index is 11.9. The molecule has 1 aromatic rings. The second kappa shape index (κ2) is 5.83. The molecule has 0 bridgehead atoms. The van der Waals surface area contributed by atoms with Gasteiger partial charge in [0, 0.05) is 17.3 Å². The second-order valence-electron chi connectivity index (χ2n) is 3.92. The summed E-state index contributed by atoms with van der Waals surface area (Å²) < 4.78 is 5.08. The topological polar surface area (TPSA) is 39.2 Å². The smallest absolute Gasteiger partial charge is 0.334 e. The molecular weight excluding hydrogens is 250 g/mol. The summed E-state index contributed by atoms with van der Waals surface area (Å²) in [6.45, 7) is 2.19. The summed E-state index contributed by atoms with van der Waals surface area (Å²) in [7, 11) is 0. The van der Waals surface area contributed by atoms with E-state index >= 15 is 0 Å².